The third-order valence-corrected chi connectivity index (χ3v) is 4.45. The van der Waals surface area contributed by atoms with Gasteiger partial charge in [0.15, 0.2) is 5.96 Å². The molecule has 0 bridgehead atoms. The van der Waals surface area contributed by atoms with Crippen LogP contribution in [0.3, 0.4) is 0 Å². The first-order valence-electron chi connectivity index (χ1n) is 8.84. The number of aryl methyl sites for hydroxylation is 1. The Morgan fingerprint density at radius 2 is 2.08 bits per heavy atom. The van der Waals surface area contributed by atoms with E-state index in [1.807, 2.05) is 31.2 Å². The van der Waals surface area contributed by atoms with Crippen molar-refractivity contribution in [2.45, 2.75) is 26.3 Å². The van der Waals surface area contributed by atoms with Crippen molar-refractivity contribution >= 4 is 5.96 Å². The van der Waals surface area contributed by atoms with Crippen molar-refractivity contribution in [3.8, 4) is 0 Å². The summed E-state index contributed by atoms with van der Waals surface area (Å²) >= 11 is 0. The first kappa shape index (κ1) is 18.7. The molecule has 1 aliphatic heterocycles. The van der Waals surface area contributed by atoms with Crippen LogP contribution in [0.4, 0.5) is 0 Å². The van der Waals surface area contributed by atoms with E-state index >= 15 is 0 Å². The summed E-state index contributed by atoms with van der Waals surface area (Å²) < 4.78 is 7.30. The Morgan fingerprint density at radius 3 is 2.67 bits per heavy atom. The van der Waals surface area contributed by atoms with Crippen molar-refractivity contribution in [3.05, 3.63) is 18.0 Å². The largest absolute Gasteiger partial charge is 0.379 e. The van der Waals surface area contributed by atoms with E-state index in [-0.39, 0.29) is 0 Å². The van der Waals surface area contributed by atoms with Crippen LogP contribution in [-0.2, 0) is 18.2 Å². The second-order valence-electron chi connectivity index (χ2n) is 6.61. The Hall–Kier alpha value is -1.60. The van der Waals surface area contributed by atoms with Gasteiger partial charge in [-0.3, -0.25) is 14.6 Å². The summed E-state index contributed by atoms with van der Waals surface area (Å²) in [6, 6.07) is 0.491. The fourth-order valence-electron chi connectivity index (χ4n) is 3.04. The van der Waals surface area contributed by atoms with E-state index in [4.69, 9.17) is 4.74 Å². The molecule has 0 amide bonds. The summed E-state index contributed by atoms with van der Waals surface area (Å²) in [5.41, 5.74) is 1.23. The smallest absolute Gasteiger partial charge is 0.191 e. The maximum absolute atomic E-state index is 5.47. The molecule has 7 heteroatoms. The van der Waals surface area contributed by atoms with Gasteiger partial charge in [-0.15, -0.1) is 0 Å². The predicted octanol–water partition coefficient (Wildman–Crippen LogP) is 0.484. The minimum Gasteiger partial charge on any atom is -0.379 e. The Bertz CT molecular complexity index is 507. The highest BCUT2D eigenvalue weighted by Crippen LogP contribution is 2.12. The van der Waals surface area contributed by atoms with Crippen LogP contribution in [0.25, 0.3) is 0 Å². The highest BCUT2D eigenvalue weighted by atomic mass is 16.5. The molecule has 1 aliphatic rings. The summed E-state index contributed by atoms with van der Waals surface area (Å²) in [6.45, 7) is 9.98. The van der Waals surface area contributed by atoms with Crippen LogP contribution in [0, 0.1) is 5.92 Å². The monoisotopic (exact) mass is 336 g/mol. The molecule has 24 heavy (non-hydrogen) atoms. The molecule has 1 aromatic rings. The van der Waals surface area contributed by atoms with E-state index in [1.165, 1.54) is 5.56 Å². The molecule has 2 rings (SSSR count). The van der Waals surface area contributed by atoms with E-state index in [9.17, 15) is 0 Å². The van der Waals surface area contributed by atoms with E-state index in [2.05, 4.69) is 39.5 Å². The quantitative estimate of drug-likeness (QED) is 0.560. The van der Waals surface area contributed by atoms with Crippen molar-refractivity contribution in [1.29, 1.82) is 0 Å². The van der Waals surface area contributed by atoms with Crippen LogP contribution in [0.5, 0.6) is 0 Å². The average Bonchev–Trinajstić information content (AvgIpc) is 2.99. The van der Waals surface area contributed by atoms with E-state index in [0.29, 0.717) is 12.0 Å². The third kappa shape index (κ3) is 5.79. The summed E-state index contributed by atoms with van der Waals surface area (Å²) in [4.78, 5) is 6.85. The minimum atomic E-state index is 0.491. The van der Waals surface area contributed by atoms with Gasteiger partial charge >= 0.3 is 0 Å². The van der Waals surface area contributed by atoms with Gasteiger partial charge in [-0.1, -0.05) is 13.8 Å². The standard InChI is InChI=1S/C17H32N6O/c1-14(2)16(23-7-9-24-10-8-23)12-20-17(18-3)19-6-5-15-11-21-22(4)13-15/h11,13-14,16H,5-10,12H2,1-4H3,(H2,18,19,20). The molecule has 2 N–H and O–H groups in total. The molecule has 0 saturated carbocycles. The normalized spacial score (nSPS) is 18.0. The highest BCUT2D eigenvalue weighted by molar-refractivity contribution is 5.79. The van der Waals surface area contributed by atoms with Crippen LogP contribution in [0.1, 0.15) is 19.4 Å². The lowest BCUT2D eigenvalue weighted by Gasteiger charge is -2.37. The van der Waals surface area contributed by atoms with E-state index in [1.54, 1.807) is 0 Å². The molecule has 136 valence electrons. The average molecular weight is 336 g/mol. The second-order valence-corrected chi connectivity index (χ2v) is 6.61. The molecular formula is C17H32N6O. The number of rotatable bonds is 7. The molecule has 2 heterocycles. The number of aliphatic imine (C=N–C) groups is 1. The van der Waals surface area contributed by atoms with Gasteiger partial charge in [-0.25, -0.2) is 0 Å². The summed E-state index contributed by atoms with van der Waals surface area (Å²) in [6.07, 6.45) is 4.89. The Balaban J connectivity index is 1.76. The molecule has 1 unspecified atom stereocenters. The van der Waals surface area contributed by atoms with Gasteiger partial charge in [0.05, 0.1) is 19.4 Å². The van der Waals surface area contributed by atoms with Gasteiger partial charge in [-0.2, -0.15) is 5.10 Å². The zero-order valence-corrected chi connectivity index (χ0v) is 15.5. The molecular weight excluding hydrogens is 304 g/mol. The number of aromatic nitrogens is 2. The summed E-state index contributed by atoms with van der Waals surface area (Å²) in [5.74, 6) is 1.45. The summed E-state index contributed by atoms with van der Waals surface area (Å²) in [7, 11) is 3.76. The van der Waals surface area contributed by atoms with Gasteiger partial charge in [0, 0.05) is 52.5 Å². The van der Waals surface area contributed by atoms with Crippen LogP contribution in [0.2, 0.25) is 0 Å². The fourth-order valence-corrected chi connectivity index (χ4v) is 3.04. The second kappa shape index (κ2) is 9.64. The third-order valence-electron chi connectivity index (χ3n) is 4.45. The van der Waals surface area contributed by atoms with Crippen molar-refractivity contribution in [2.75, 3.05) is 46.4 Å². The van der Waals surface area contributed by atoms with Crippen molar-refractivity contribution in [2.24, 2.45) is 18.0 Å². The zero-order chi connectivity index (χ0) is 17.4. The fraction of sp³-hybridized carbons (Fsp3) is 0.765. The van der Waals surface area contributed by atoms with Crippen LogP contribution in [-0.4, -0.2) is 73.1 Å². The summed E-state index contributed by atoms with van der Waals surface area (Å²) in [5, 5.41) is 11.1. The number of nitrogens with zero attached hydrogens (tertiary/aromatic N) is 4. The lowest BCUT2D eigenvalue weighted by molar-refractivity contribution is 0.00752. The Morgan fingerprint density at radius 1 is 1.33 bits per heavy atom. The molecule has 1 fully saturated rings. The van der Waals surface area contributed by atoms with Crippen molar-refractivity contribution in [1.82, 2.24) is 25.3 Å². The lowest BCUT2D eigenvalue weighted by Crippen LogP contribution is -2.52. The number of ether oxygens (including phenoxy) is 1. The molecule has 1 saturated heterocycles. The SMILES string of the molecule is CN=C(NCCc1cnn(C)c1)NCC(C(C)C)N1CCOCC1. The van der Waals surface area contributed by atoms with Gasteiger partial charge in [0.2, 0.25) is 0 Å². The number of hydrogen-bond acceptors (Lipinski definition) is 4. The van der Waals surface area contributed by atoms with Gasteiger partial charge in [0.1, 0.15) is 0 Å². The van der Waals surface area contributed by atoms with Gasteiger partial charge in [0.25, 0.3) is 0 Å². The lowest BCUT2D eigenvalue weighted by atomic mass is 10.0. The Labute approximate surface area is 145 Å². The van der Waals surface area contributed by atoms with E-state index < -0.39 is 0 Å². The number of hydrogen-bond donors (Lipinski definition) is 2. The van der Waals surface area contributed by atoms with Gasteiger partial charge in [-0.05, 0) is 17.9 Å². The number of nitrogens with one attached hydrogen (secondary N) is 2. The van der Waals surface area contributed by atoms with Gasteiger partial charge < -0.3 is 15.4 Å². The van der Waals surface area contributed by atoms with Crippen LogP contribution < -0.4 is 10.6 Å². The molecule has 7 nitrogen and oxygen atoms in total. The first-order valence-corrected chi connectivity index (χ1v) is 8.84. The number of morpholine rings is 1. The molecule has 0 aromatic carbocycles. The molecule has 0 radical (unpaired) electrons. The zero-order valence-electron chi connectivity index (χ0n) is 15.5. The number of guanidine groups is 1. The van der Waals surface area contributed by atoms with E-state index in [0.717, 1.165) is 51.8 Å². The van der Waals surface area contributed by atoms with Crippen LogP contribution >= 0.6 is 0 Å². The Kier molecular flexibility index (Phi) is 7.52. The molecule has 0 aliphatic carbocycles. The maximum atomic E-state index is 5.47. The van der Waals surface area contributed by atoms with Crippen molar-refractivity contribution < 1.29 is 4.74 Å². The molecule has 0 spiro atoms. The first-order chi connectivity index (χ1) is 11.6. The predicted molar refractivity (Wildman–Crippen MR) is 97.3 cm³/mol. The maximum Gasteiger partial charge on any atom is 0.191 e. The molecule has 1 aromatic heterocycles. The highest BCUT2D eigenvalue weighted by Gasteiger charge is 2.23. The minimum absolute atomic E-state index is 0.491. The van der Waals surface area contributed by atoms with Crippen LogP contribution in [0.15, 0.2) is 17.4 Å². The molecule has 1 atom stereocenters. The topological polar surface area (TPSA) is 66.7 Å². The van der Waals surface area contributed by atoms with Crippen molar-refractivity contribution in [3.63, 3.8) is 0 Å².